The molecule has 1 aliphatic rings. The van der Waals surface area contributed by atoms with Crippen LogP contribution in [0.2, 0.25) is 5.02 Å². The van der Waals surface area contributed by atoms with E-state index in [0.717, 1.165) is 36.5 Å². The zero-order chi connectivity index (χ0) is 14.8. The Kier molecular flexibility index (Phi) is 4.18. The van der Waals surface area contributed by atoms with Gasteiger partial charge >= 0.3 is 0 Å². The summed E-state index contributed by atoms with van der Waals surface area (Å²) in [6, 6.07) is 15.2. The first-order valence-electron chi connectivity index (χ1n) is 7.49. The van der Waals surface area contributed by atoms with E-state index in [0.29, 0.717) is 0 Å². The molecule has 1 aliphatic heterocycles. The molecule has 2 aromatic carbocycles. The lowest BCUT2D eigenvalue weighted by atomic mass is 9.99. The summed E-state index contributed by atoms with van der Waals surface area (Å²) in [5, 5.41) is 0.823. The lowest BCUT2D eigenvalue weighted by molar-refractivity contribution is 0.727. The molecule has 0 amide bonds. The van der Waals surface area contributed by atoms with Crippen molar-refractivity contribution in [2.75, 3.05) is 11.4 Å². The highest BCUT2D eigenvalue weighted by molar-refractivity contribution is 6.31. The number of benzene rings is 2. The van der Waals surface area contributed by atoms with Crippen LogP contribution < -0.4 is 10.6 Å². The maximum atomic E-state index is 6.41. The van der Waals surface area contributed by atoms with Crippen molar-refractivity contribution < 1.29 is 0 Å². The Balaban J connectivity index is 1.81. The average molecular weight is 301 g/mol. The second-order valence-electron chi connectivity index (χ2n) is 5.90. The normalized spacial score (nSPS) is 15.7. The van der Waals surface area contributed by atoms with Crippen LogP contribution in [0.3, 0.4) is 0 Å². The van der Waals surface area contributed by atoms with Crippen LogP contribution in [0, 0.1) is 0 Å². The third kappa shape index (κ3) is 3.22. The van der Waals surface area contributed by atoms with Crippen molar-refractivity contribution in [2.24, 2.45) is 5.73 Å². The van der Waals surface area contributed by atoms with Gasteiger partial charge in [-0.1, -0.05) is 41.9 Å². The maximum Gasteiger partial charge on any atom is 0.0459 e. The number of fused-ring (bicyclic) bond motifs is 1. The fourth-order valence-electron chi connectivity index (χ4n) is 2.96. The first-order valence-corrected chi connectivity index (χ1v) is 7.87. The van der Waals surface area contributed by atoms with Crippen molar-refractivity contribution >= 4 is 17.3 Å². The topological polar surface area (TPSA) is 29.3 Å². The van der Waals surface area contributed by atoms with Crippen molar-refractivity contribution in [2.45, 2.75) is 32.4 Å². The van der Waals surface area contributed by atoms with Crippen LogP contribution in [-0.2, 0) is 19.4 Å². The van der Waals surface area contributed by atoms with Crippen LogP contribution in [0.4, 0.5) is 5.69 Å². The van der Waals surface area contributed by atoms with Crippen molar-refractivity contribution in [3.05, 3.63) is 64.2 Å². The van der Waals surface area contributed by atoms with Gasteiger partial charge in [-0.15, -0.1) is 0 Å². The van der Waals surface area contributed by atoms with Crippen molar-refractivity contribution in [3.8, 4) is 0 Å². The lowest BCUT2D eigenvalue weighted by Gasteiger charge is -2.31. The molecule has 0 aliphatic carbocycles. The minimum atomic E-state index is 0.134. The molecular formula is C18H21ClN2. The highest BCUT2D eigenvalue weighted by Gasteiger charge is 2.16. The Hall–Kier alpha value is -1.51. The molecule has 110 valence electrons. The van der Waals surface area contributed by atoms with Gasteiger partial charge in [0.05, 0.1) is 0 Å². The number of hydrogen-bond donors (Lipinski definition) is 1. The molecule has 0 aromatic heterocycles. The first kappa shape index (κ1) is 14.4. The smallest absolute Gasteiger partial charge is 0.0459 e. The number of halogens is 1. The zero-order valence-electron chi connectivity index (χ0n) is 12.3. The summed E-state index contributed by atoms with van der Waals surface area (Å²) in [7, 11) is 0. The molecular weight excluding hydrogens is 280 g/mol. The number of nitrogens with two attached hydrogens (primary N) is 1. The Morgan fingerprint density at radius 1 is 1.19 bits per heavy atom. The molecule has 21 heavy (non-hydrogen) atoms. The van der Waals surface area contributed by atoms with Gasteiger partial charge in [0.1, 0.15) is 0 Å². The van der Waals surface area contributed by atoms with Crippen LogP contribution >= 0.6 is 11.6 Å². The van der Waals surface area contributed by atoms with E-state index in [2.05, 4.69) is 47.4 Å². The number of anilines is 1. The Bertz CT molecular complexity index is 637. The van der Waals surface area contributed by atoms with Crippen LogP contribution in [0.25, 0.3) is 0 Å². The molecule has 0 bridgehead atoms. The third-order valence-electron chi connectivity index (χ3n) is 4.07. The van der Waals surface area contributed by atoms with Gasteiger partial charge in [0.15, 0.2) is 0 Å². The van der Waals surface area contributed by atoms with Crippen LogP contribution in [0.5, 0.6) is 0 Å². The predicted molar refractivity (Wildman–Crippen MR) is 90.0 cm³/mol. The summed E-state index contributed by atoms with van der Waals surface area (Å²) in [4.78, 5) is 2.39. The van der Waals surface area contributed by atoms with Crippen LogP contribution in [-0.4, -0.2) is 12.6 Å². The molecule has 1 heterocycles. The minimum absolute atomic E-state index is 0.134. The van der Waals surface area contributed by atoms with Gasteiger partial charge in [-0.05, 0) is 48.6 Å². The summed E-state index contributed by atoms with van der Waals surface area (Å²) in [6.07, 6.45) is 1.91. The molecule has 0 saturated carbocycles. The molecule has 0 fully saturated rings. The molecule has 0 saturated heterocycles. The Morgan fingerprint density at radius 3 is 2.67 bits per heavy atom. The predicted octanol–water partition coefficient (Wildman–Crippen LogP) is 3.79. The van der Waals surface area contributed by atoms with E-state index in [1.165, 1.54) is 16.8 Å². The summed E-state index contributed by atoms with van der Waals surface area (Å²) < 4.78 is 0. The Labute approximate surface area is 131 Å². The summed E-state index contributed by atoms with van der Waals surface area (Å²) in [5.74, 6) is 0. The zero-order valence-corrected chi connectivity index (χ0v) is 13.1. The van der Waals surface area contributed by atoms with E-state index in [1.54, 1.807) is 0 Å². The average Bonchev–Trinajstić information content (AvgIpc) is 2.48. The lowest BCUT2D eigenvalue weighted by Crippen LogP contribution is -2.30. The molecule has 0 spiro atoms. The summed E-state index contributed by atoms with van der Waals surface area (Å²) >= 11 is 6.41. The van der Waals surface area contributed by atoms with Crippen molar-refractivity contribution in [3.63, 3.8) is 0 Å². The van der Waals surface area contributed by atoms with Gasteiger partial charge in [0.25, 0.3) is 0 Å². The van der Waals surface area contributed by atoms with E-state index >= 15 is 0 Å². The Morgan fingerprint density at radius 2 is 1.95 bits per heavy atom. The molecule has 3 heteroatoms. The fourth-order valence-corrected chi connectivity index (χ4v) is 3.21. The molecule has 2 nitrogen and oxygen atoms in total. The van der Waals surface area contributed by atoms with Gasteiger partial charge in [-0.2, -0.15) is 0 Å². The second-order valence-corrected chi connectivity index (χ2v) is 6.30. The molecule has 0 radical (unpaired) electrons. The highest BCUT2D eigenvalue weighted by Crippen LogP contribution is 2.28. The van der Waals surface area contributed by atoms with Gasteiger partial charge in [0.2, 0.25) is 0 Å². The highest BCUT2D eigenvalue weighted by atomic mass is 35.5. The van der Waals surface area contributed by atoms with Crippen molar-refractivity contribution in [1.29, 1.82) is 0 Å². The van der Waals surface area contributed by atoms with E-state index in [-0.39, 0.29) is 6.04 Å². The van der Waals surface area contributed by atoms with E-state index in [1.807, 2.05) is 6.92 Å². The van der Waals surface area contributed by atoms with E-state index < -0.39 is 0 Å². The standard InChI is InChI=1S/C18H21ClN2/c1-13(20)10-15-6-7-17(11-18(15)19)21-9-8-14-4-2-3-5-16(14)12-21/h2-7,11,13H,8-10,12,20H2,1H3. The van der Waals surface area contributed by atoms with Crippen LogP contribution in [0.15, 0.2) is 42.5 Å². The van der Waals surface area contributed by atoms with Gasteiger partial charge in [-0.3, -0.25) is 0 Å². The SMILES string of the molecule is CC(N)Cc1ccc(N2CCc3ccccc3C2)cc1Cl. The third-order valence-corrected chi connectivity index (χ3v) is 4.43. The summed E-state index contributed by atoms with van der Waals surface area (Å²) in [6.45, 7) is 4.00. The number of nitrogens with zero attached hydrogens (tertiary/aromatic N) is 1. The van der Waals surface area contributed by atoms with Crippen molar-refractivity contribution in [1.82, 2.24) is 0 Å². The largest absolute Gasteiger partial charge is 0.367 e. The van der Waals surface area contributed by atoms with E-state index in [4.69, 9.17) is 17.3 Å². The van der Waals surface area contributed by atoms with Gasteiger partial charge < -0.3 is 10.6 Å². The molecule has 2 aromatic rings. The minimum Gasteiger partial charge on any atom is -0.367 e. The van der Waals surface area contributed by atoms with Gasteiger partial charge in [0, 0.05) is 29.8 Å². The molecule has 2 N–H and O–H groups in total. The fraction of sp³-hybridized carbons (Fsp3) is 0.333. The summed E-state index contributed by atoms with van der Waals surface area (Å²) in [5.41, 5.74) is 11.1. The van der Waals surface area contributed by atoms with Gasteiger partial charge in [-0.25, -0.2) is 0 Å². The monoisotopic (exact) mass is 300 g/mol. The van der Waals surface area contributed by atoms with Crippen LogP contribution in [0.1, 0.15) is 23.6 Å². The quantitative estimate of drug-likeness (QED) is 0.934. The second kappa shape index (κ2) is 6.08. The van der Waals surface area contributed by atoms with E-state index in [9.17, 15) is 0 Å². The molecule has 1 atom stereocenters. The molecule has 3 rings (SSSR count). The number of rotatable bonds is 3. The number of hydrogen-bond acceptors (Lipinski definition) is 2. The maximum absolute atomic E-state index is 6.41. The first-order chi connectivity index (χ1) is 10.1. The molecule has 1 unspecified atom stereocenters.